The topological polar surface area (TPSA) is 61.8 Å². The fourth-order valence-electron chi connectivity index (χ4n) is 1.12. The normalized spacial score (nSPS) is 10.2. The van der Waals surface area contributed by atoms with Crippen molar-refractivity contribution < 1.29 is 5.11 Å². The quantitative estimate of drug-likeness (QED) is 0.690. The van der Waals surface area contributed by atoms with Crippen LogP contribution in [-0.2, 0) is 0 Å². The summed E-state index contributed by atoms with van der Waals surface area (Å²) >= 11 is 0. The lowest BCUT2D eigenvalue weighted by Crippen LogP contribution is -1.79. The largest absolute Gasteiger partial charge is 0.508 e. The maximum absolute atomic E-state index is 9.22. The van der Waals surface area contributed by atoms with Crippen LogP contribution in [0.5, 0.6) is 5.75 Å². The van der Waals surface area contributed by atoms with Gasteiger partial charge in [-0.15, -0.1) is 0 Å². The molecule has 0 bridgehead atoms. The maximum atomic E-state index is 9.22. The Balaban J connectivity index is 2.46. The standard InChI is InChI=1S/C9H9N3O/c1-6-10-9(12-11-6)7-3-2-4-8(13)5-7/h2-5,13H,1H3,(H,10,11,12). The van der Waals surface area contributed by atoms with E-state index in [0.29, 0.717) is 5.82 Å². The van der Waals surface area contributed by atoms with E-state index in [2.05, 4.69) is 15.2 Å². The Morgan fingerprint density at radius 2 is 2.23 bits per heavy atom. The Morgan fingerprint density at radius 1 is 1.38 bits per heavy atom. The van der Waals surface area contributed by atoms with Crippen molar-refractivity contribution in [1.29, 1.82) is 0 Å². The van der Waals surface area contributed by atoms with Crippen molar-refractivity contribution in [2.45, 2.75) is 6.92 Å². The molecule has 1 aromatic carbocycles. The minimum absolute atomic E-state index is 0.222. The molecule has 0 saturated carbocycles. The fourth-order valence-corrected chi connectivity index (χ4v) is 1.12. The van der Waals surface area contributed by atoms with E-state index in [4.69, 9.17) is 0 Å². The minimum atomic E-state index is 0.222. The van der Waals surface area contributed by atoms with Crippen LogP contribution in [0.1, 0.15) is 5.82 Å². The summed E-state index contributed by atoms with van der Waals surface area (Å²) in [6.45, 7) is 1.83. The zero-order valence-corrected chi connectivity index (χ0v) is 7.15. The number of nitrogens with one attached hydrogen (secondary N) is 1. The molecule has 0 saturated heterocycles. The third-order valence-corrected chi connectivity index (χ3v) is 1.70. The van der Waals surface area contributed by atoms with E-state index < -0.39 is 0 Å². The van der Waals surface area contributed by atoms with Gasteiger partial charge in [0, 0.05) is 5.56 Å². The second-order valence-electron chi connectivity index (χ2n) is 2.79. The molecule has 0 atom stereocenters. The molecule has 66 valence electrons. The molecule has 0 spiro atoms. The molecule has 4 nitrogen and oxygen atoms in total. The van der Waals surface area contributed by atoms with Crippen molar-refractivity contribution in [2.24, 2.45) is 0 Å². The van der Waals surface area contributed by atoms with Crippen molar-refractivity contribution in [3.05, 3.63) is 30.1 Å². The molecule has 0 unspecified atom stereocenters. The van der Waals surface area contributed by atoms with Gasteiger partial charge in [0.05, 0.1) is 0 Å². The molecule has 2 aromatic rings. The third kappa shape index (κ3) is 1.51. The summed E-state index contributed by atoms with van der Waals surface area (Å²) in [6, 6.07) is 6.85. The SMILES string of the molecule is Cc1nc(-c2cccc(O)c2)n[nH]1. The van der Waals surface area contributed by atoms with Crippen LogP contribution in [0.15, 0.2) is 24.3 Å². The number of rotatable bonds is 1. The molecular weight excluding hydrogens is 166 g/mol. The number of hydrogen-bond acceptors (Lipinski definition) is 3. The summed E-state index contributed by atoms with van der Waals surface area (Å²) in [5, 5.41) is 15.9. The molecule has 0 aliphatic rings. The van der Waals surface area contributed by atoms with Crippen molar-refractivity contribution in [3.8, 4) is 17.1 Å². The number of benzene rings is 1. The van der Waals surface area contributed by atoms with Crippen LogP contribution in [-0.4, -0.2) is 20.3 Å². The molecular formula is C9H9N3O. The van der Waals surface area contributed by atoms with Gasteiger partial charge in [-0.1, -0.05) is 12.1 Å². The zero-order chi connectivity index (χ0) is 9.26. The summed E-state index contributed by atoms with van der Waals surface area (Å²) < 4.78 is 0. The number of phenolic OH excluding ortho intramolecular Hbond substituents is 1. The van der Waals surface area contributed by atoms with Crippen LogP contribution in [0, 0.1) is 6.92 Å². The van der Waals surface area contributed by atoms with Gasteiger partial charge in [-0.25, -0.2) is 4.98 Å². The van der Waals surface area contributed by atoms with Gasteiger partial charge in [0.2, 0.25) is 0 Å². The van der Waals surface area contributed by atoms with Gasteiger partial charge in [0.1, 0.15) is 11.6 Å². The minimum Gasteiger partial charge on any atom is -0.508 e. The van der Waals surface area contributed by atoms with Crippen LogP contribution >= 0.6 is 0 Å². The highest BCUT2D eigenvalue weighted by atomic mass is 16.3. The van der Waals surface area contributed by atoms with Crippen molar-refractivity contribution in [2.75, 3.05) is 0 Å². The van der Waals surface area contributed by atoms with Gasteiger partial charge >= 0.3 is 0 Å². The summed E-state index contributed by atoms with van der Waals surface area (Å²) in [4.78, 5) is 4.14. The highest BCUT2D eigenvalue weighted by Crippen LogP contribution is 2.19. The highest BCUT2D eigenvalue weighted by Gasteiger charge is 2.02. The van der Waals surface area contributed by atoms with Crippen molar-refractivity contribution in [3.63, 3.8) is 0 Å². The van der Waals surface area contributed by atoms with E-state index >= 15 is 0 Å². The Labute approximate surface area is 75.3 Å². The third-order valence-electron chi connectivity index (χ3n) is 1.70. The van der Waals surface area contributed by atoms with Gasteiger partial charge in [-0.05, 0) is 19.1 Å². The van der Waals surface area contributed by atoms with Gasteiger partial charge < -0.3 is 5.11 Å². The monoisotopic (exact) mass is 175 g/mol. The summed E-state index contributed by atoms with van der Waals surface area (Å²) in [6.07, 6.45) is 0. The average molecular weight is 175 g/mol. The number of aromatic amines is 1. The van der Waals surface area contributed by atoms with Crippen LogP contribution in [0.25, 0.3) is 11.4 Å². The molecule has 2 rings (SSSR count). The number of nitrogens with zero attached hydrogens (tertiary/aromatic N) is 2. The highest BCUT2D eigenvalue weighted by molar-refractivity contribution is 5.56. The number of hydrogen-bond donors (Lipinski definition) is 2. The first-order chi connectivity index (χ1) is 6.25. The molecule has 0 radical (unpaired) electrons. The number of aryl methyl sites for hydroxylation is 1. The Bertz CT molecular complexity index is 422. The molecule has 2 N–H and O–H groups in total. The number of H-pyrrole nitrogens is 1. The molecule has 1 heterocycles. The Morgan fingerprint density at radius 3 is 2.85 bits per heavy atom. The Hall–Kier alpha value is -1.84. The van der Waals surface area contributed by atoms with Crippen molar-refractivity contribution in [1.82, 2.24) is 15.2 Å². The van der Waals surface area contributed by atoms with Crippen LogP contribution in [0.2, 0.25) is 0 Å². The first-order valence-electron chi connectivity index (χ1n) is 3.94. The zero-order valence-electron chi connectivity index (χ0n) is 7.15. The maximum Gasteiger partial charge on any atom is 0.181 e. The van der Waals surface area contributed by atoms with Crippen molar-refractivity contribution >= 4 is 0 Å². The summed E-state index contributed by atoms with van der Waals surface area (Å²) in [5.41, 5.74) is 0.810. The second kappa shape index (κ2) is 2.90. The van der Waals surface area contributed by atoms with Gasteiger partial charge in [0.15, 0.2) is 5.82 Å². The van der Waals surface area contributed by atoms with E-state index in [1.165, 1.54) is 0 Å². The van der Waals surface area contributed by atoms with Gasteiger partial charge in [0.25, 0.3) is 0 Å². The lowest BCUT2D eigenvalue weighted by molar-refractivity contribution is 0.475. The van der Waals surface area contributed by atoms with Crippen LogP contribution < -0.4 is 0 Å². The Kier molecular flexibility index (Phi) is 1.73. The first-order valence-corrected chi connectivity index (χ1v) is 3.94. The van der Waals surface area contributed by atoms with E-state index in [1.54, 1.807) is 18.2 Å². The van der Waals surface area contributed by atoms with Crippen LogP contribution in [0.3, 0.4) is 0 Å². The number of aromatic nitrogens is 3. The predicted octanol–water partition coefficient (Wildman–Crippen LogP) is 1.49. The smallest absolute Gasteiger partial charge is 0.181 e. The second-order valence-corrected chi connectivity index (χ2v) is 2.79. The van der Waals surface area contributed by atoms with Gasteiger partial charge in [-0.2, -0.15) is 5.10 Å². The molecule has 0 aliphatic heterocycles. The van der Waals surface area contributed by atoms with E-state index in [0.717, 1.165) is 11.4 Å². The lowest BCUT2D eigenvalue weighted by Gasteiger charge is -1.94. The molecule has 1 aromatic heterocycles. The van der Waals surface area contributed by atoms with E-state index in [1.807, 2.05) is 13.0 Å². The first kappa shape index (κ1) is 7.79. The average Bonchev–Trinajstić information content (AvgIpc) is 2.52. The molecule has 0 amide bonds. The lowest BCUT2D eigenvalue weighted by atomic mass is 10.2. The van der Waals surface area contributed by atoms with E-state index in [-0.39, 0.29) is 5.75 Å². The fraction of sp³-hybridized carbons (Fsp3) is 0.111. The molecule has 0 fully saturated rings. The number of phenols is 1. The molecule has 4 heteroatoms. The summed E-state index contributed by atoms with van der Waals surface area (Å²) in [5.74, 6) is 1.59. The summed E-state index contributed by atoms with van der Waals surface area (Å²) in [7, 11) is 0. The molecule has 13 heavy (non-hydrogen) atoms. The van der Waals surface area contributed by atoms with Crippen LogP contribution in [0.4, 0.5) is 0 Å². The van der Waals surface area contributed by atoms with Gasteiger partial charge in [-0.3, -0.25) is 5.10 Å². The van der Waals surface area contributed by atoms with E-state index in [9.17, 15) is 5.11 Å². The molecule has 0 aliphatic carbocycles. The number of aromatic hydroxyl groups is 1. The predicted molar refractivity (Wildman–Crippen MR) is 48.2 cm³/mol.